The molecular weight excluding hydrogens is 234 g/mol. The smallest absolute Gasteiger partial charge is 0.349 e. The van der Waals surface area contributed by atoms with Gasteiger partial charge in [-0.15, -0.1) is 0 Å². The van der Waals surface area contributed by atoms with Gasteiger partial charge in [0.05, 0.1) is 11.1 Å². The maximum Gasteiger partial charge on any atom is 0.349 e. The Morgan fingerprint density at radius 2 is 2.17 bits per heavy atom. The summed E-state index contributed by atoms with van der Waals surface area (Å²) in [5.41, 5.74) is 0.830. The summed E-state index contributed by atoms with van der Waals surface area (Å²) in [6.07, 6.45) is 0. The number of hydrogen-bond acceptors (Lipinski definition) is 5. The van der Waals surface area contributed by atoms with Crippen LogP contribution >= 0.6 is 0 Å². The first kappa shape index (κ1) is 12.2. The molecule has 0 aliphatic heterocycles. The van der Waals surface area contributed by atoms with Crippen molar-refractivity contribution >= 4 is 16.7 Å². The second kappa shape index (κ2) is 4.52. The first-order chi connectivity index (χ1) is 8.56. The van der Waals surface area contributed by atoms with Gasteiger partial charge in [0.2, 0.25) is 0 Å². The number of oxime groups is 1. The summed E-state index contributed by atoms with van der Waals surface area (Å²) < 4.78 is 5.22. The molecule has 0 fully saturated rings. The number of benzene rings is 1. The van der Waals surface area contributed by atoms with Gasteiger partial charge in [-0.3, -0.25) is 0 Å². The van der Waals surface area contributed by atoms with Crippen molar-refractivity contribution in [2.24, 2.45) is 5.16 Å². The normalized spacial score (nSPS) is 11.8. The lowest BCUT2D eigenvalue weighted by atomic mass is 10.1. The summed E-state index contributed by atoms with van der Waals surface area (Å²) in [7, 11) is 1.37. The quantitative estimate of drug-likeness (QED) is 0.501. The fourth-order valence-electron chi connectivity index (χ4n) is 1.85. The molecule has 5 heteroatoms. The molecule has 1 aromatic heterocycles. The van der Waals surface area contributed by atoms with Crippen LogP contribution in [0.2, 0.25) is 0 Å². The number of fused-ring (bicyclic) bond motifs is 1. The van der Waals surface area contributed by atoms with Crippen LogP contribution in [-0.4, -0.2) is 17.9 Å². The van der Waals surface area contributed by atoms with E-state index in [-0.39, 0.29) is 17.0 Å². The Morgan fingerprint density at radius 1 is 1.44 bits per heavy atom. The molecule has 0 saturated carbocycles. The Hall–Kier alpha value is -2.30. The van der Waals surface area contributed by atoms with Gasteiger partial charge in [0.1, 0.15) is 24.0 Å². The van der Waals surface area contributed by atoms with Crippen LogP contribution in [0.15, 0.2) is 32.6 Å². The van der Waals surface area contributed by atoms with Crippen molar-refractivity contribution in [3.8, 4) is 5.75 Å². The lowest BCUT2D eigenvalue weighted by Gasteiger charge is -2.06. The van der Waals surface area contributed by atoms with Crippen LogP contribution in [-0.2, 0) is 4.84 Å². The molecule has 18 heavy (non-hydrogen) atoms. The molecule has 94 valence electrons. The molecule has 1 N–H and O–H groups in total. The highest BCUT2D eigenvalue weighted by Crippen LogP contribution is 2.28. The summed E-state index contributed by atoms with van der Waals surface area (Å²) in [5, 5.41) is 14.3. The highest BCUT2D eigenvalue weighted by atomic mass is 16.6. The van der Waals surface area contributed by atoms with Gasteiger partial charge in [-0.05, 0) is 25.5 Å². The monoisotopic (exact) mass is 247 g/mol. The Morgan fingerprint density at radius 3 is 2.83 bits per heavy atom. The third-order valence-corrected chi connectivity index (χ3v) is 2.69. The predicted octanol–water partition coefficient (Wildman–Crippen LogP) is 2.18. The molecule has 1 heterocycles. The van der Waals surface area contributed by atoms with Crippen molar-refractivity contribution in [1.82, 2.24) is 0 Å². The molecule has 2 aromatic rings. The molecule has 0 bridgehead atoms. The van der Waals surface area contributed by atoms with E-state index >= 15 is 0 Å². The van der Waals surface area contributed by atoms with E-state index in [4.69, 9.17) is 4.42 Å². The van der Waals surface area contributed by atoms with Gasteiger partial charge in [-0.25, -0.2) is 4.79 Å². The summed E-state index contributed by atoms with van der Waals surface area (Å²) in [6.45, 7) is 3.37. The molecule has 0 unspecified atom stereocenters. The van der Waals surface area contributed by atoms with Crippen LogP contribution in [0.1, 0.15) is 18.1 Å². The van der Waals surface area contributed by atoms with Gasteiger partial charge in [0.25, 0.3) is 0 Å². The van der Waals surface area contributed by atoms with Crippen molar-refractivity contribution in [3.05, 3.63) is 39.7 Å². The van der Waals surface area contributed by atoms with E-state index in [9.17, 15) is 9.90 Å². The molecule has 0 aliphatic rings. The van der Waals surface area contributed by atoms with Gasteiger partial charge >= 0.3 is 5.63 Å². The second-order valence-corrected chi connectivity index (χ2v) is 3.92. The predicted molar refractivity (Wildman–Crippen MR) is 68.1 cm³/mol. The van der Waals surface area contributed by atoms with E-state index in [2.05, 4.69) is 9.99 Å². The van der Waals surface area contributed by atoms with E-state index in [0.29, 0.717) is 11.0 Å². The van der Waals surface area contributed by atoms with Gasteiger partial charge < -0.3 is 14.4 Å². The highest BCUT2D eigenvalue weighted by Gasteiger charge is 2.17. The van der Waals surface area contributed by atoms with E-state index in [1.54, 1.807) is 32.0 Å². The molecule has 2 rings (SSSR count). The largest absolute Gasteiger partial charge is 0.506 e. The minimum atomic E-state index is -0.632. The molecule has 0 spiro atoms. The molecule has 1 aromatic carbocycles. The first-order valence-corrected chi connectivity index (χ1v) is 5.39. The van der Waals surface area contributed by atoms with Crippen molar-refractivity contribution in [2.75, 3.05) is 7.11 Å². The SMILES string of the molecule is CON=C(C)c1c(O)c2cccc(C)c2oc1=O. The standard InChI is InChI=1S/C13H13NO4/c1-7-5-4-6-9-11(15)10(8(2)14-17-3)13(16)18-12(7)9/h4-6,15H,1-3H3. The fourth-order valence-corrected chi connectivity index (χ4v) is 1.85. The Labute approximate surface area is 103 Å². The third-order valence-electron chi connectivity index (χ3n) is 2.69. The second-order valence-electron chi connectivity index (χ2n) is 3.92. The summed E-state index contributed by atoms with van der Waals surface area (Å²) in [5.74, 6) is -0.136. The maximum absolute atomic E-state index is 11.9. The van der Waals surface area contributed by atoms with Crippen LogP contribution in [0.25, 0.3) is 11.0 Å². The van der Waals surface area contributed by atoms with E-state index in [1.807, 2.05) is 0 Å². The zero-order valence-electron chi connectivity index (χ0n) is 10.4. The summed E-state index contributed by atoms with van der Waals surface area (Å²) in [4.78, 5) is 16.5. The maximum atomic E-state index is 11.9. The third kappa shape index (κ3) is 1.84. The van der Waals surface area contributed by atoms with Crippen LogP contribution in [0, 0.1) is 6.92 Å². The summed E-state index contributed by atoms with van der Waals surface area (Å²) in [6, 6.07) is 5.27. The minimum Gasteiger partial charge on any atom is -0.506 e. The Bertz CT molecular complexity index is 685. The number of nitrogens with zero attached hydrogens (tertiary/aromatic N) is 1. The molecule has 0 aliphatic carbocycles. The average molecular weight is 247 g/mol. The van der Waals surface area contributed by atoms with Crippen LogP contribution in [0.3, 0.4) is 0 Å². The number of aryl methyl sites for hydroxylation is 1. The van der Waals surface area contributed by atoms with E-state index in [0.717, 1.165) is 5.56 Å². The van der Waals surface area contributed by atoms with Crippen molar-refractivity contribution in [2.45, 2.75) is 13.8 Å². The summed E-state index contributed by atoms with van der Waals surface area (Å²) >= 11 is 0. The lowest BCUT2D eigenvalue weighted by molar-refractivity contribution is 0.213. The lowest BCUT2D eigenvalue weighted by Crippen LogP contribution is -2.13. The molecule has 0 amide bonds. The minimum absolute atomic E-state index is 0.0231. The van der Waals surface area contributed by atoms with Crippen molar-refractivity contribution in [3.63, 3.8) is 0 Å². The van der Waals surface area contributed by atoms with E-state index < -0.39 is 5.63 Å². The molecule has 5 nitrogen and oxygen atoms in total. The Balaban J connectivity index is 2.86. The number of aromatic hydroxyl groups is 1. The Kier molecular flexibility index (Phi) is 3.06. The number of rotatable bonds is 2. The zero-order valence-corrected chi connectivity index (χ0v) is 10.4. The van der Waals surface area contributed by atoms with Crippen LogP contribution in [0.5, 0.6) is 5.75 Å². The molecule has 0 radical (unpaired) electrons. The highest BCUT2D eigenvalue weighted by molar-refractivity contribution is 6.04. The van der Waals surface area contributed by atoms with Crippen LogP contribution < -0.4 is 5.63 Å². The van der Waals surface area contributed by atoms with Crippen molar-refractivity contribution < 1.29 is 14.4 Å². The average Bonchev–Trinajstić information content (AvgIpc) is 2.31. The van der Waals surface area contributed by atoms with Gasteiger partial charge in [0.15, 0.2) is 0 Å². The van der Waals surface area contributed by atoms with Gasteiger partial charge in [-0.2, -0.15) is 0 Å². The molecular formula is C13H13NO4. The zero-order chi connectivity index (χ0) is 13.3. The number of hydrogen-bond donors (Lipinski definition) is 1. The fraction of sp³-hybridized carbons (Fsp3) is 0.231. The molecule has 0 saturated heterocycles. The van der Waals surface area contributed by atoms with Gasteiger partial charge in [0, 0.05) is 0 Å². The van der Waals surface area contributed by atoms with Crippen molar-refractivity contribution in [1.29, 1.82) is 0 Å². The molecule has 0 atom stereocenters. The van der Waals surface area contributed by atoms with Crippen LogP contribution in [0.4, 0.5) is 0 Å². The van der Waals surface area contributed by atoms with Gasteiger partial charge in [-0.1, -0.05) is 17.3 Å². The first-order valence-electron chi connectivity index (χ1n) is 5.39. The topological polar surface area (TPSA) is 72.0 Å². The van der Waals surface area contributed by atoms with E-state index in [1.165, 1.54) is 7.11 Å². The number of para-hydroxylation sites is 1.